The Balaban J connectivity index is 1.45. The van der Waals surface area contributed by atoms with Gasteiger partial charge >= 0.3 is 6.16 Å². The van der Waals surface area contributed by atoms with E-state index in [1.165, 1.54) is 6.08 Å². The minimum absolute atomic E-state index is 0.0201. The van der Waals surface area contributed by atoms with Gasteiger partial charge in [0.2, 0.25) is 6.79 Å². The number of hydrazine groups is 1. The van der Waals surface area contributed by atoms with Crippen LogP contribution < -0.4 is 0 Å². The summed E-state index contributed by atoms with van der Waals surface area (Å²) in [6.45, 7) is 0.896. The van der Waals surface area contributed by atoms with E-state index in [0.29, 0.717) is 18.7 Å². The number of hydrogen-bond donors (Lipinski definition) is 1. The normalized spacial score (nSPS) is 27.9. The molecule has 1 amide bonds. The fourth-order valence-electron chi connectivity index (χ4n) is 6.96. The van der Waals surface area contributed by atoms with E-state index in [2.05, 4.69) is 4.74 Å². The van der Waals surface area contributed by atoms with E-state index in [1.54, 1.807) is 22.2 Å². The van der Waals surface area contributed by atoms with Crippen LogP contribution in [0.15, 0.2) is 60.1 Å². The smallest absolute Gasteiger partial charge is 0.456 e. The molecule has 2 aromatic carbocycles. The van der Waals surface area contributed by atoms with Gasteiger partial charge in [-0.25, -0.2) is 13.6 Å². The number of ether oxygens (including phenoxy) is 5. The molecule has 5 atom stereocenters. The molecule has 1 N–H and O–H groups in total. The van der Waals surface area contributed by atoms with Crippen LogP contribution in [0.4, 0.5) is 13.6 Å². The first-order valence-corrected chi connectivity index (χ1v) is 14.6. The third kappa shape index (κ3) is 4.75. The number of nitrogens with zero attached hydrogens (tertiary/aromatic N) is 4. The summed E-state index contributed by atoms with van der Waals surface area (Å²) in [4.78, 5) is 29.2. The van der Waals surface area contributed by atoms with Crippen molar-refractivity contribution in [3.05, 3.63) is 94.0 Å². The number of benzene rings is 2. The molecule has 0 aromatic heterocycles. The van der Waals surface area contributed by atoms with Crippen LogP contribution in [0.1, 0.15) is 40.4 Å². The Bertz CT molecular complexity index is 1590. The summed E-state index contributed by atoms with van der Waals surface area (Å²) < 4.78 is 58.4. The highest BCUT2D eigenvalue weighted by Gasteiger charge is 2.52. The molecule has 238 valence electrons. The molecule has 3 saturated heterocycles. The maximum atomic E-state index is 16.1. The number of fused-ring (bicyclic) bond motifs is 7. The number of morpholine rings is 2. The summed E-state index contributed by atoms with van der Waals surface area (Å²) in [7, 11) is 3.00. The molecule has 4 heterocycles. The molecule has 3 fully saturated rings. The van der Waals surface area contributed by atoms with Crippen LogP contribution in [0.3, 0.4) is 0 Å². The van der Waals surface area contributed by atoms with E-state index in [0.717, 1.165) is 24.3 Å². The first kappa shape index (κ1) is 29.6. The summed E-state index contributed by atoms with van der Waals surface area (Å²) in [6, 6.07) is 8.87. The summed E-state index contributed by atoms with van der Waals surface area (Å²) >= 11 is 0. The lowest BCUT2D eigenvalue weighted by Gasteiger charge is -2.55. The van der Waals surface area contributed by atoms with Gasteiger partial charge in [0.05, 0.1) is 39.0 Å². The number of amides is 1. The Kier molecular flexibility index (Phi) is 7.70. The Labute approximate surface area is 257 Å². The van der Waals surface area contributed by atoms with Gasteiger partial charge in [-0.2, -0.15) is 5.01 Å². The van der Waals surface area contributed by atoms with E-state index in [4.69, 9.17) is 18.9 Å². The van der Waals surface area contributed by atoms with Gasteiger partial charge in [0.1, 0.15) is 18.4 Å². The van der Waals surface area contributed by atoms with Crippen LogP contribution in [-0.4, -0.2) is 103 Å². The Morgan fingerprint density at radius 2 is 1.89 bits per heavy atom. The van der Waals surface area contributed by atoms with E-state index in [-0.39, 0.29) is 36.8 Å². The number of carbonyl (C=O) groups is 2. The van der Waals surface area contributed by atoms with Crippen LogP contribution in [0.5, 0.6) is 0 Å². The van der Waals surface area contributed by atoms with Crippen molar-refractivity contribution in [2.45, 2.75) is 30.5 Å². The van der Waals surface area contributed by atoms with Crippen LogP contribution in [0, 0.1) is 11.6 Å². The molecule has 14 heteroatoms. The van der Waals surface area contributed by atoms with Crippen LogP contribution in [0.2, 0.25) is 0 Å². The number of methoxy groups -OCH3 is 1. The monoisotopic (exact) mass is 626 g/mol. The molecule has 0 spiro atoms. The molecular weight excluding hydrogens is 594 g/mol. The third-order valence-electron chi connectivity index (χ3n) is 8.94. The van der Waals surface area contributed by atoms with Crippen LogP contribution in [-0.2, 0) is 28.5 Å². The standard InChI is InChI=1S/C31H32F2N4O8/c1-34-11-14-43-28-18-6-4-3-5-17(18)25(19-7-8-20(32)24(33)23(19)26(28)34)37-22-15-42-13-12-35(22)30(39)27-29(21(38)9-10-36(27)37)44-16-45-31(40)41-2/h3-10,21-22,25-26,28,38H,11-16H2,1-2H3. The molecule has 5 aliphatic rings. The summed E-state index contributed by atoms with van der Waals surface area (Å²) in [6.07, 6.45) is -0.667. The van der Waals surface area contributed by atoms with Gasteiger partial charge in [0.15, 0.2) is 23.1 Å². The number of likely N-dealkylation sites (N-methyl/N-ethyl adjacent to an activating group) is 1. The van der Waals surface area contributed by atoms with Gasteiger partial charge in [-0.15, -0.1) is 0 Å². The first-order valence-electron chi connectivity index (χ1n) is 14.6. The van der Waals surface area contributed by atoms with Gasteiger partial charge in [0, 0.05) is 24.9 Å². The van der Waals surface area contributed by atoms with Gasteiger partial charge in [-0.05, 0) is 35.9 Å². The van der Waals surface area contributed by atoms with Crippen molar-refractivity contribution < 1.29 is 47.2 Å². The van der Waals surface area contributed by atoms with Crippen molar-refractivity contribution in [1.82, 2.24) is 19.8 Å². The van der Waals surface area contributed by atoms with Crippen LogP contribution in [0.25, 0.3) is 0 Å². The SMILES string of the molecule is COC(=O)OCOC1=C2C(=O)N3CCOCC3N(C3c4ccccc4C4OCCN(C)C4c4c3ccc(F)c4F)N2C=CC1O. The minimum Gasteiger partial charge on any atom is -0.456 e. The summed E-state index contributed by atoms with van der Waals surface area (Å²) in [5.41, 5.74) is 2.19. The highest BCUT2D eigenvalue weighted by molar-refractivity contribution is 5.95. The largest absolute Gasteiger partial charge is 0.510 e. The third-order valence-corrected chi connectivity index (χ3v) is 8.94. The average Bonchev–Trinajstić information content (AvgIpc) is 3.17. The average molecular weight is 627 g/mol. The zero-order valence-electron chi connectivity index (χ0n) is 24.6. The zero-order valence-corrected chi connectivity index (χ0v) is 24.6. The van der Waals surface area contributed by atoms with E-state index < -0.39 is 60.9 Å². The Morgan fingerprint density at radius 3 is 2.69 bits per heavy atom. The Morgan fingerprint density at radius 1 is 1.09 bits per heavy atom. The van der Waals surface area contributed by atoms with Gasteiger partial charge in [0.25, 0.3) is 5.91 Å². The second-order valence-corrected chi connectivity index (χ2v) is 11.3. The molecule has 7 rings (SSSR count). The van der Waals surface area contributed by atoms with Crippen molar-refractivity contribution in [1.29, 1.82) is 0 Å². The van der Waals surface area contributed by atoms with Crippen molar-refractivity contribution in [2.24, 2.45) is 0 Å². The Hall–Kier alpha value is -4.08. The fourth-order valence-corrected chi connectivity index (χ4v) is 6.96. The molecule has 0 bridgehead atoms. The molecule has 4 aliphatic heterocycles. The fraction of sp³-hybridized carbons (Fsp3) is 0.419. The van der Waals surface area contributed by atoms with Crippen LogP contribution >= 0.6 is 0 Å². The zero-order chi connectivity index (χ0) is 31.4. The topological polar surface area (TPSA) is 113 Å². The predicted octanol–water partition coefficient (Wildman–Crippen LogP) is 2.69. The number of aliphatic hydroxyl groups excluding tert-OH is 1. The van der Waals surface area contributed by atoms with E-state index in [9.17, 15) is 14.7 Å². The molecule has 45 heavy (non-hydrogen) atoms. The molecule has 1 aliphatic carbocycles. The molecular formula is C31H32F2N4O8. The maximum Gasteiger partial charge on any atom is 0.510 e. The van der Waals surface area contributed by atoms with Crippen molar-refractivity contribution in [2.75, 3.05) is 53.9 Å². The molecule has 0 saturated carbocycles. The van der Waals surface area contributed by atoms with E-state index >= 15 is 8.78 Å². The number of hydrogen-bond acceptors (Lipinski definition) is 11. The number of carbonyl (C=O) groups excluding carboxylic acids is 2. The highest BCUT2D eigenvalue weighted by Crippen LogP contribution is 2.52. The molecule has 12 nitrogen and oxygen atoms in total. The lowest BCUT2D eigenvalue weighted by molar-refractivity contribution is -0.191. The van der Waals surface area contributed by atoms with Gasteiger partial charge in [-0.1, -0.05) is 30.3 Å². The molecule has 2 aromatic rings. The number of rotatable bonds is 4. The van der Waals surface area contributed by atoms with Crippen molar-refractivity contribution >= 4 is 12.1 Å². The van der Waals surface area contributed by atoms with Gasteiger partial charge in [-0.3, -0.25) is 14.7 Å². The summed E-state index contributed by atoms with van der Waals surface area (Å²) in [5, 5.41) is 14.4. The van der Waals surface area contributed by atoms with Crippen molar-refractivity contribution in [3.63, 3.8) is 0 Å². The minimum atomic E-state index is -1.34. The second kappa shape index (κ2) is 11.7. The lowest BCUT2D eigenvalue weighted by atomic mass is 9.91. The first-order chi connectivity index (χ1) is 21.8. The lowest BCUT2D eigenvalue weighted by Crippen LogP contribution is -2.68. The van der Waals surface area contributed by atoms with E-state index in [1.807, 2.05) is 41.2 Å². The quantitative estimate of drug-likeness (QED) is 0.399. The second-order valence-electron chi connectivity index (χ2n) is 11.3. The number of halogens is 2. The molecule has 5 unspecified atom stereocenters. The highest BCUT2D eigenvalue weighted by atomic mass is 19.2. The predicted molar refractivity (Wildman–Crippen MR) is 150 cm³/mol. The number of aliphatic hydroxyl groups is 1. The van der Waals surface area contributed by atoms with Gasteiger partial charge < -0.3 is 33.7 Å². The van der Waals surface area contributed by atoms with Crippen molar-refractivity contribution in [3.8, 4) is 0 Å². The summed E-state index contributed by atoms with van der Waals surface area (Å²) in [5.74, 6) is -2.53. The molecule has 0 radical (unpaired) electrons. The maximum absolute atomic E-state index is 16.1.